The zero-order valence-corrected chi connectivity index (χ0v) is 13.0. The first-order valence-electron chi connectivity index (χ1n) is 7.64. The predicted molar refractivity (Wildman–Crippen MR) is 82.4 cm³/mol. The molecule has 0 N–H and O–H groups in total. The molecule has 1 atom stereocenters. The molecule has 2 rings (SSSR count). The van der Waals surface area contributed by atoms with E-state index in [2.05, 4.69) is 50.1 Å². The van der Waals surface area contributed by atoms with Gasteiger partial charge in [0.05, 0.1) is 6.61 Å². The number of likely N-dealkylation sites (N-methyl/N-ethyl adjacent to an activating group) is 1. The average Bonchev–Trinajstić information content (AvgIpc) is 2.92. The van der Waals surface area contributed by atoms with Crippen LogP contribution in [0.3, 0.4) is 0 Å². The molecule has 0 spiro atoms. The summed E-state index contributed by atoms with van der Waals surface area (Å²) in [5.74, 6) is 2.24. The first kappa shape index (κ1) is 15.3. The fourth-order valence-electron chi connectivity index (χ4n) is 2.53. The Balaban J connectivity index is 1.66. The third-order valence-corrected chi connectivity index (χ3v) is 3.88. The van der Waals surface area contributed by atoms with Gasteiger partial charge in [0.2, 0.25) is 0 Å². The van der Waals surface area contributed by atoms with Gasteiger partial charge in [-0.15, -0.1) is 0 Å². The van der Waals surface area contributed by atoms with Gasteiger partial charge in [0, 0.05) is 19.7 Å². The normalized spacial score (nSPS) is 18.9. The Morgan fingerprint density at radius 2 is 2.05 bits per heavy atom. The van der Waals surface area contributed by atoms with Crippen molar-refractivity contribution < 1.29 is 9.47 Å². The van der Waals surface area contributed by atoms with Crippen LogP contribution in [0.25, 0.3) is 0 Å². The van der Waals surface area contributed by atoms with Crippen molar-refractivity contribution in [3.05, 3.63) is 29.8 Å². The van der Waals surface area contributed by atoms with Gasteiger partial charge >= 0.3 is 0 Å². The van der Waals surface area contributed by atoms with Crippen LogP contribution in [-0.4, -0.2) is 44.9 Å². The smallest absolute Gasteiger partial charge is 0.119 e. The number of nitrogens with zero attached hydrogens (tertiary/aromatic N) is 1. The van der Waals surface area contributed by atoms with Gasteiger partial charge in [-0.05, 0) is 43.0 Å². The highest BCUT2D eigenvalue weighted by Gasteiger charge is 2.17. The quantitative estimate of drug-likeness (QED) is 0.764. The molecule has 0 bridgehead atoms. The Kier molecular flexibility index (Phi) is 5.86. The molecular formula is C17H27NO2. The van der Waals surface area contributed by atoms with Crippen molar-refractivity contribution in [2.24, 2.45) is 5.92 Å². The van der Waals surface area contributed by atoms with E-state index in [4.69, 9.17) is 9.47 Å². The Labute approximate surface area is 122 Å². The first-order valence-corrected chi connectivity index (χ1v) is 7.64. The van der Waals surface area contributed by atoms with Crippen LogP contribution in [0.5, 0.6) is 5.75 Å². The van der Waals surface area contributed by atoms with Gasteiger partial charge in [-0.1, -0.05) is 26.0 Å². The molecule has 0 radical (unpaired) electrons. The Morgan fingerprint density at radius 3 is 2.65 bits per heavy atom. The number of benzene rings is 1. The second-order valence-corrected chi connectivity index (χ2v) is 6.06. The molecular weight excluding hydrogens is 250 g/mol. The summed E-state index contributed by atoms with van der Waals surface area (Å²) < 4.78 is 11.2. The number of ether oxygens (including phenoxy) is 2. The molecule has 3 heteroatoms. The van der Waals surface area contributed by atoms with Gasteiger partial charge in [-0.25, -0.2) is 0 Å². The maximum absolute atomic E-state index is 5.80. The van der Waals surface area contributed by atoms with E-state index < -0.39 is 0 Å². The Hall–Kier alpha value is -1.06. The molecule has 0 aromatic heterocycles. The SMILES string of the molecule is CC(C)c1ccc(OCCN(C)CC2CCOC2)cc1. The zero-order valence-electron chi connectivity index (χ0n) is 13.0. The van der Waals surface area contributed by atoms with Crippen LogP contribution < -0.4 is 4.74 Å². The summed E-state index contributed by atoms with van der Waals surface area (Å²) in [6.07, 6.45) is 1.20. The van der Waals surface area contributed by atoms with Crippen molar-refractivity contribution in [3.8, 4) is 5.75 Å². The molecule has 1 fully saturated rings. The van der Waals surface area contributed by atoms with Gasteiger partial charge in [-0.2, -0.15) is 0 Å². The molecule has 112 valence electrons. The van der Waals surface area contributed by atoms with Crippen LogP contribution >= 0.6 is 0 Å². The molecule has 1 heterocycles. The van der Waals surface area contributed by atoms with E-state index in [1.165, 1.54) is 12.0 Å². The maximum atomic E-state index is 5.80. The zero-order chi connectivity index (χ0) is 14.4. The van der Waals surface area contributed by atoms with Crippen molar-refractivity contribution >= 4 is 0 Å². The van der Waals surface area contributed by atoms with Crippen LogP contribution in [0.4, 0.5) is 0 Å². The highest BCUT2D eigenvalue weighted by atomic mass is 16.5. The van der Waals surface area contributed by atoms with Gasteiger partial charge in [0.1, 0.15) is 12.4 Å². The lowest BCUT2D eigenvalue weighted by Crippen LogP contribution is -2.29. The van der Waals surface area contributed by atoms with E-state index in [1.807, 2.05) is 0 Å². The van der Waals surface area contributed by atoms with Gasteiger partial charge in [-0.3, -0.25) is 0 Å². The van der Waals surface area contributed by atoms with Crippen molar-refractivity contribution in [1.29, 1.82) is 0 Å². The molecule has 0 aliphatic carbocycles. The van der Waals surface area contributed by atoms with Gasteiger partial charge in [0.25, 0.3) is 0 Å². The van der Waals surface area contributed by atoms with E-state index in [9.17, 15) is 0 Å². The minimum atomic E-state index is 0.573. The summed E-state index contributed by atoms with van der Waals surface area (Å²) in [6, 6.07) is 8.44. The summed E-state index contributed by atoms with van der Waals surface area (Å²) in [4.78, 5) is 2.34. The van der Waals surface area contributed by atoms with Crippen molar-refractivity contribution in [2.75, 3.05) is 40.0 Å². The number of hydrogen-bond donors (Lipinski definition) is 0. The van der Waals surface area contributed by atoms with Crippen LogP contribution in [0, 0.1) is 5.92 Å². The Bertz CT molecular complexity index is 382. The Morgan fingerprint density at radius 1 is 1.30 bits per heavy atom. The summed E-state index contributed by atoms with van der Waals surface area (Å²) >= 11 is 0. The van der Waals surface area contributed by atoms with E-state index in [1.54, 1.807) is 0 Å². The van der Waals surface area contributed by atoms with Crippen LogP contribution in [0.15, 0.2) is 24.3 Å². The minimum absolute atomic E-state index is 0.573. The molecule has 1 aliphatic rings. The molecule has 1 aromatic carbocycles. The molecule has 1 unspecified atom stereocenters. The van der Waals surface area contributed by atoms with E-state index in [-0.39, 0.29) is 0 Å². The number of hydrogen-bond acceptors (Lipinski definition) is 3. The minimum Gasteiger partial charge on any atom is -0.492 e. The molecule has 1 aliphatic heterocycles. The van der Waals surface area contributed by atoms with Gasteiger partial charge < -0.3 is 14.4 Å². The van der Waals surface area contributed by atoms with Crippen molar-refractivity contribution in [2.45, 2.75) is 26.2 Å². The van der Waals surface area contributed by atoms with Crippen molar-refractivity contribution in [1.82, 2.24) is 4.90 Å². The topological polar surface area (TPSA) is 21.7 Å². The third kappa shape index (κ3) is 4.80. The molecule has 1 saturated heterocycles. The van der Waals surface area contributed by atoms with E-state index in [0.717, 1.165) is 38.7 Å². The van der Waals surface area contributed by atoms with E-state index in [0.29, 0.717) is 11.8 Å². The lowest BCUT2D eigenvalue weighted by atomic mass is 10.0. The fourth-order valence-corrected chi connectivity index (χ4v) is 2.53. The molecule has 20 heavy (non-hydrogen) atoms. The fraction of sp³-hybridized carbons (Fsp3) is 0.647. The lowest BCUT2D eigenvalue weighted by molar-refractivity contribution is 0.167. The number of rotatable bonds is 7. The highest BCUT2D eigenvalue weighted by Crippen LogP contribution is 2.18. The average molecular weight is 277 g/mol. The third-order valence-electron chi connectivity index (χ3n) is 3.88. The van der Waals surface area contributed by atoms with E-state index >= 15 is 0 Å². The predicted octanol–water partition coefficient (Wildman–Crippen LogP) is 3.16. The molecule has 1 aromatic rings. The van der Waals surface area contributed by atoms with Gasteiger partial charge in [0.15, 0.2) is 0 Å². The lowest BCUT2D eigenvalue weighted by Gasteiger charge is -2.20. The largest absolute Gasteiger partial charge is 0.492 e. The second-order valence-electron chi connectivity index (χ2n) is 6.06. The summed E-state index contributed by atoms with van der Waals surface area (Å²) in [5.41, 5.74) is 1.36. The van der Waals surface area contributed by atoms with Crippen molar-refractivity contribution in [3.63, 3.8) is 0 Å². The van der Waals surface area contributed by atoms with Crippen LogP contribution in [-0.2, 0) is 4.74 Å². The molecule has 3 nitrogen and oxygen atoms in total. The van der Waals surface area contributed by atoms with Crippen LogP contribution in [0.1, 0.15) is 31.7 Å². The first-order chi connectivity index (χ1) is 9.65. The maximum Gasteiger partial charge on any atom is 0.119 e. The second kappa shape index (κ2) is 7.65. The summed E-state index contributed by atoms with van der Waals surface area (Å²) in [5, 5.41) is 0. The van der Waals surface area contributed by atoms with Crippen LogP contribution in [0.2, 0.25) is 0 Å². The summed E-state index contributed by atoms with van der Waals surface area (Å²) in [6.45, 7) is 9.07. The molecule has 0 saturated carbocycles. The highest BCUT2D eigenvalue weighted by molar-refractivity contribution is 5.28. The standard InChI is InChI=1S/C17H27NO2/c1-14(2)16-4-6-17(7-5-16)20-11-9-18(3)12-15-8-10-19-13-15/h4-7,14-15H,8-13H2,1-3H3. The molecule has 0 amide bonds. The monoisotopic (exact) mass is 277 g/mol. The summed E-state index contributed by atoms with van der Waals surface area (Å²) in [7, 11) is 2.16.